The Morgan fingerprint density at radius 1 is 0.641 bits per heavy atom. The van der Waals surface area contributed by atoms with Crippen molar-refractivity contribution in [2.45, 2.75) is 69.9 Å². The van der Waals surface area contributed by atoms with Crippen molar-refractivity contribution in [3.8, 4) is 0 Å². The molecule has 0 spiro atoms. The fourth-order valence-electron chi connectivity index (χ4n) is 5.04. The maximum absolute atomic E-state index is 6.69. The molecule has 210 valence electrons. The first kappa shape index (κ1) is 29.8. The lowest BCUT2D eigenvalue weighted by atomic mass is 10.1. The fraction of sp³-hybridized carbons (Fsp3) is 0.471. The average molecular weight is 550 g/mol. The number of benzene rings is 3. The summed E-state index contributed by atoms with van der Waals surface area (Å²) >= 11 is 0. The zero-order chi connectivity index (χ0) is 27.0. The predicted octanol–water partition coefficient (Wildman–Crippen LogP) is 6.97. The van der Waals surface area contributed by atoms with Gasteiger partial charge >= 0.3 is 0 Å². The van der Waals surface area contributed by atoms with Gasteiger partial charge in [-0.05, 0) is 53.8 Å². The molecule has 0 bridgehead atoms. The summed E-state index contributed by atoms with van der Waals surface area (Å²) in [6.45, 7) is 6.29. The van der Waals surface area contributed by atoms with E-state index in [2.05, 4.69) is 91.9 Å². The van der Waals surface area contributed by atoms with Crippen LogP contribution in [0.25, 0.3) is 0 Å². The van der Waals surface area contributed by atoms with Crippen LogP contribution >= 0.6 is 0 Å². The zero-order valence-corrected chi connectivity index (χ0v) is 24.2. The Kier molecular flexibility index (Phi) is 13.4. The summed E-state index contributed by atoms with van der Waals surface area (Å²) in [7, 11) is 0.186. The molecule has 4 rings (SSSR count). The largest absolute Gasteiger partial charge is 0.382 e. The van der Waals surface area contributed by atoms with Gasteiger partial charge in [0.25, 0.3) is 0 Å². The third-order valence-electron chi connectivity index (χ3n) is 7.17. The molecule has 1 unspecified atom stereocenters. The van der Waals surface area contributed by atoms with Crippen molar-refractivity contribution >= 4 is 10.9 Å². The van der Waals surface area contributed by atoms with E-state index in [1.165, 1.54) is 41.7 Å². The normalized spacial score (nSPS) is 20.8. The molecule has 1 heterocycles. The lowest BCUT2D eigenvalue weighted by Gasteiger charge is -2.22. The standard InChI is InChI=1S/C34H45O4S/c1-2-35-22-14-3-4-15-23-39-28-32(37-25-30-18-10-6-11-19-30)34(38-26-31-20-12-7-13-21-31)33(39)27-36-24-29-16-8-5-9-17-29/h5-13,16-21,32-34H,2-4,14-15,22-28H2,1H3/q+1/t32-,33-,34+,39?/m1/s1. The molecule has 1 aliphatic heterocycles. The summed E-state index contributed by atoms with van der Waals surface area (Å²) in [5.41, 5.74) is 3.62. The molecule has 1 saturated heterocycles. The van der Waals surface area contributed by atoms with E-state index in [0.717, 1.165) is 25.4 Å². The van der Waals surface area contributed by atoms with E-state index in [1.807, 2.05) is 6.07 Å². The first-order chi connectivity index (χ1) is 19.3. The molecular weight excluding hydrogens is 504 g/mol. The number of hydrogen-bond acceptors (Lipinski definition) is 4. The average Bonchev–Trinajstić information content (AvgIpc) is 3.32. The smallest absolute Gasteiger partial charge is 0.170 e. The van der Waals surface area contributed by atoms with E-state index in [0.29, 0.717) is 31.7 Å². The highest BCUT2D eigenvalue weighted by atomic mass is 32.2. The number of rotatable bonds is 18. The molecule has 39 heavy (non-hydrogen) atoms. The van der Waals surface area contributed by atoms with Gasteiger partial charge < -0.3 is 18.9 Å². The van der Waals surface area contributed by atoms with Crippen molar-refractivity contribution in [3.05, 3.63) is 108 Å². The van der Waals surface area contributed by atoms with Crippen LogP contribution in [0.2, 0.25) is 0 Å². The third kappa shape index (κ3) is 10.4. The van der Waals surface area contributed by atoms with Gasteiger partial charge in [-0.15, -0.1) is 0 Å². The quantitative estimate of drug-likeness (QED) is 0.127. The maximum atomic E-state index is 6.69. The van der Waals surface area contributed by atoms with Crippen molar-refractivity contribution in [1.82, 2.24) is 0 Å². The molecule has 0 radical (unpaired) electrons. The van der Waals surface area contributed by atoms with Gasteiger partial charge in [-0.2, -0.15) is 0 Å². The number of ether oxygens (including phenoxy) is 4. The maximum Gasteiger partial charge on any atom is 0.170 e. The summed E-state index contributed by atoms with van der Waals surface area (Å²) in [5.74, 6) is 2.26. The van der Waals surface area contributed by atoms with Gasteiger partial charge in [0, 0.05) is 13.2 Å². The fourth-order valence-corrected chi connectivity index (χ4v) is 7.96. The molecular formula is C34H45O4S+. The Morgan fingerprint density at radius 2 is 1.21 bits per heavy atom. The van der Waals surface area contributed by atoms with Gasteiger partial charge in [0.15, 0.2) is 5.25 Å². The lowest BCUT2D eigenvalue weighted by Crippen LogP contribution is -2.39. The van der Waals surface area contributed by atoms with Crippen LogP contribution in [-0.2, 0) is 49.7 Å². The van der Waals surface area contributed by atoms with Gasteiger partial charge in [0.1, 0.15) is 23.7 Å². The summed E-state index contributed by atoms with van der Waals surface area (Å²) < 4.78 is 25.2. The van der Waals surface area contributed by atoms with Crippen LogP contribution < -0.4 is 0 Å². The summed E-state index contributed by atoms with van der Waals surface area (Å²) in [6.07, 6.45) is 4.96. The predicted molar refractivity (Wildman–Crippen MR) is 162 cm³/mol. The molecule has 4 nitrogen and oxygen atoms in total. The molecule has 3 aromatic carbocycles. The summed E-state index contributed by atoms with van der Waals surface area (Å²) in [6, 6.07) is 31.4. The Balaban J connectivity index is 1.41. The molecule has 3 aromatic rings. The second kappa shape index (κ2) is 17.5. The van der Waals surface area contributed by atoms with E-state index in [9.17, 15) is 0 Å². The van der Waals surface area contributed by atoms with E-state index >= 15 is 0 Å². The van der Waals surface area contributed by atoms with Crippen LogP contribution in [0, 0.1) is 0 Å². The van der Waals surface area contributed by atoms with E-state index in [1.54, 1.807) is 0 Å². The summed E-state index contributed by atoms with van der Waals surface area (Å²) in [5, 5.41) is 0.335. The van der Waals surface area contributed by atoms with Crippen molar-refractivity contribution in [3.63, 3.8) is 0 Å². The molecule has 0 aromatic heterocycles. The third-order valence-corrected chi connectivity index (χ3v) is 10.0. The SMILES string of the molecule is CCOCCCCCC[S+]1C[C@@H](OCc2ccccc2)[C@H](OCc2ccccc2)[C@H]1COCc1ccccc1. The number of unbranched alkanes of at least 4 members (excludes halogenated alkanes) is 3. The monoisotopic (exact) mass is 549 g/mol. The summed E-state index contributed by atoms with van der Waals surface area (Å²) in [4.78, 5) is 0. The molecule has 0 amide bonds. The molecule has 4 atom stereocenters. The zero-order valence-electron chi connectivity index (χ0n) is 23.4. The Bertz CT molecular complexity index is 1020. The first-order valence-corrected chi connectivity index (χ1v) is 16.1. The van der Waals surface area contributed by atoms with Gasteiger partial charge in [-0.1, -0.05) is 97.4 Å². The van der Waals surface area contributed by atoms with Crippen LogP contribution in [-0.4, -0.2) is 48.8 Å². The molecule has 0 aliphatic carbocycles. The highest BCUT2D eigenvalue weighted by Gasteiger charge is 2.52. The van der Waals surface area contributed by atoms with Gasteiger partial charge in [-0.25, -0.2) is 0 Å². The van der Waals surface area contributed by atoms with Crippen LogP contribution in [0.5, 0.6) is 0 Å². The lowest BCUT2D eigenvalue weighted by molar-refractivity contribution is -0.0768. The minimum absolute atomic E-state index is 0.0194. The van der Waals surface area contributed by atoms with Crippen molar-refractivity contribution in [2.24, 2.45) is 0 Å². The van der Waals surface area contributed by atoms with E-state index in [4.69, 9.17) is 18.9 Å². The van der Waals surface area contributed by atoms with E-state index in [-0.39, 0.29) is 23.1 Å². The first-order valence-electron chi connectivity index (χ1n) is 14.5. The Hall–Kier alpha value is -2.15. The second-order valence-corrected chi connectivity index (χ2v) is 12.6. The molecule has 5 heteroatoms. The highest BCUT2D eigenvalue weighted by molar-refractivity contribution is 7.97. The minimum Gasteiger partial charge on any atom is -0.382 e. The van der Waals surface area contributed by atoms with Crippen LogP contribution in [0.1, 0.15) is 49.3 Å². The van der Waals surface area contributed by atoms with Crippen molar-refractivity contribution in [2.75, 3.05) is 31.3 Å². The van der Waals surface area contributed by atoms with E-state index < -0.39 is 0 Å². The minimum atomic E-state index is 0.0194. The second-order valence-electron chi connectivity index (χ2n) is 10.2. The van der Waals surface area contributed by atoms with Crippen molar-refractivity contribution in [1.29, 1.82) is 0 Å². The molecule has 0 N–H and O–H groups in total. The number of hydrogen-bond donors (Lipinski definition) is 0. The van der Waals surface area contributed by atoms with Crippen LogP contribution in [0.3, 0.4) is 0 Å². The van der Waals surface area contributed by atoms with Gasteiger partial charge in [0.05, 0.1) is 26.4 Å². The van der Waals surface area contributed by atoms with Crippen molar-refractivity contribution < 1.29 is 18.9 Å². The van der Waals surface area contributed by atoms with Gasteiger partial charge in [-0.3, -0.25) is 0 Å². The van der Waals surface area contributed by atoms with Crippen LogP contribution in [0.15, 0.2) is 91.0 Å². The molecule has 1 aliphatic rings. The Morgan fingerprint density at radius 3 is 1.82 bits per heavy atom. The Labute approximate surface area is 238 Å². The van der Waals surface area contributed by atoms with Gasteiger partial charge in [0.2, 0.25) is 0 Å². The molecule has 0 saturated carbocycles. The van der Waals surface area contributed by atoms with Crippen LogP contribution in [0.4, 0.5) is 0 Å². The topological polar surface area (TPSA) is 36.9 Å². The molecule has 1 fully saturated rings. The highest BCUT2D eigenvalue weighted by Crippen LogP contribution is 2.31.